The number of rotatable bonds is 13. The molecular formula is C30H36FN3O5S. The summed E-state index contributed by atoms with van der Waals surface area (Å²) >= 11 is 0. The van der Waals surface area contributed by atoms with Crippen molar-refractivity contribution in [2.75, 3.05) is 30.8 Å². The second kappa shape index (κ2) is 13.9. The molecule has 3 aromatic rings. The normalized spacial score (nSPS) is 12.1. The number of carbonyl (C=O) groups is 2. The second-order valence-electron chi connectivity index (χ2n) is 9.96. The molecular weight excluding hydrogens is 533 g/mol. The summed E-state index contributed by atoms with van der Waals surface area (Å²) in [4.78, 5) is 28.9. The third-order valence-electron chi connectivity index (χ3n) is 6.26. The van der Waals surface area contributed by atoms with Gasteiger partial charge in [-0.05, 0) is 53.4 Å². The number of ether oxygens (including phenoxy) is 1. The first-order valence-electron chi connectivity index (χ1n) is 12.9. The van der Waals surface area contributed by atoms with E-state index in [9.17, 15) is 22.4 Å². The maximum absolute atomic E-state index is 14.0. The maximum Gasteiger partial charge on any atom is 0.244 e. The molecule has 3 rings (SSSR count). The number of hydrogen-bond donors (Lipinski definition) is 1. The Morgan fingerprint density at radius 3 is 2.10 bits per heavy atom. The highest BCUT2D eigenvalue weighted by Gasteiger charge is 2.33. The van der Waals surface area contributed by atoms with Crippen LogP contribution in [-0.4, -0.2) is 57.6 Å². The van der Waals surface area contributed by atoms with E-state index in [0.717, 1.165) is 16.1 Å². The number of nitrogens with one attached hydrogen (secondary N) is 1. The Labute approximate surface area is 235 Å². The molecule has 0 aliphatic rings. The van der Waals surface area contributed by atoms with Crippen LogP contribution in [0.4, 0.5) is 10.1 Å². The minimum atomic E-state index is -3.88. The number of amides is 2. The van der Waals surface area contributed by atoms with Crippen molar-refractivity contribution in [2.24, 2.45) is 5.92 Å². The SMILES string of the molecule is COc1ccc(N(CC(=O)N(Cc2ccc(F)cc2)[C@H](Cc2ccccc2)C(=O)NCC(C)C)S(C)(=O)=O)cc1. The molecule has 0 unspecified atom stereocenters. The molecule has 0 fully saturated rings. The number of methoxy groups -OCH3 is 1. The summed E-state index contributed by atoms with van der Waals surface area (Å²) in [6.07, 6.45) is 1.23. The van der Waals surface area contributed by atoms with E-state index in [1.165, 1.54) is 24.1 Å². The Hall–Kier alpha value is -3.92. The zero-order chi connectivity index (χ0) is 29.3. The van der Waals surface area contributed by atoms with Gasteiger partial charge < -0.3 is 15.0 Å². The van der Waals surface area contributed by atoms with Gasteiger partial charge in [-0.3, -0.25) is 13.9 Å². The summed E-state index contributed by atoms with van der Waals surface area (Å²) in [6, 6.07) is 20.3. The maximum atomic E-state index is 14.0. The van der Waals surface area contributed by atoms with Crippen LogP contribution < -0.4 is 14.4 Å². The monoisotopic (exact) mass is 569 g/mol. The van der Waals surface area contributed by atoms with Crippen LogP contribution in [-0.2, 0) is 32.6 Å². The molecule has 0 aliphatic carbocycles. The number of halogens is 1. The van der Waals surface area contributed by atoms with Gasteiger partial charge in [0.2, 0.25) is 21.8 Å². The van der Waals surface area contributed by atoms with Gasteiger partial charge in [-0.15, -0.1) is 0 Å². The van der Waals surface area contributed by atoms with Crippen LogP contribution in [0.25, 0.3) is 0 Å². The van der Waals surface area contributed by atoms with Crippen molar-refractivity contribution in [1.29, 1.82) is 0 Å². The van der Waals surface area contributed by atoms with Crippen molar-refractivity contribution in [3.63, 3.8) is 0 Å². The molecule has 0 aromatic heterocycles. The highest BCUT2D eigenvalue weighted by atomic mass is 32.2. The summed E-state index contributed by atoms with van der Waals surface area (Å²) in [5.41, 5.74) is 1.71. The van der Waals surface area contributed by atoms with E-state index in [1.807, 2.05) is 44.2 Å². The molecule has 0 heterocycles. The number of sulfonamides is 1. The van der Waals surface area contributed by atoms with Crippen molar-refractivity contribution in [1.82, 2.24) is 10.2 Å². The van der Waals surface area contributed by atoms with Gasteiger partial charge >= 0.3 is 0 Å². The van der Waals surface area contributed by atoms with Crippen LogP contribution in [0.15, 0.2) is 78.9 Å². The van der Waals surface area contributed by atoms with E-state index in [4.69, 9.17) is 4.74 Å². The van der Waals surface area contributed by atoms with Gasteiger partial charge in [0.15, 0.2) is 0 Å². The quantitative estimate of drug-likeness (QED) is 0.336. The van der Waals surface area contributed by atoms with Crippen molar-refractivity contribution >= 4 is 27.5 Å². The van der Waals surface area contributed by atoms with Crippen LogP contribution in [0.2, 0.25) is 0 Å². The van der Waals surface area contributed by atoms with E-state index in [1.54, 1.807) is 36.4 Å². The first-order chi connectivity index (χ1) is 19.0. The summed E-state index contributed by atoms with van der Waals surface area (Å²) in [5, 5.41) is 2.92. The number of carbonyl (C=O) groups excluding carboxylic acids is 2. The van der Waals surface area contributed by atoms with Gasteiger partial charge in [0.25, 0.3) is 0 Å². The van der Waals surface area contributed by atoms with Crippen molar-refractivity contribution in [3.8, 4) is 5.75 Å². The highest BCUT2D eigenvalue weighted by molar-refractivity contribution is 7.92. The van der Waals surface area contributed by atoms with E-state index in [2.05, 4.69) is 5.32 Å². The van der Waals surface area contributed by atoms with E-state index < -0.39 is 34.3 Å². The first kappa shape index (κ1) is 30.6. The molecule has 3 aromatic carbocycles. The average molecular weight is 570 g/mol. The van der Waals surface area contributed by atoms with Gasteiger partial charge in [0, 0.05) is 19.5 Å². The lowest BCUT2D eigenvalue weighted by molar-refractivity contribution is -0.140. The fourth-order valence-corrected chi connectivity index (χ4v) is 4.97. The fourth-order valence-electron chi connectivity index (χ4n) is 4.13. The highest BCUT2D eigenvalue weighted by Crippen LogP contribution is 2.23. The van der Waals surface area contributed by atoms with Crippen molar-refractivity contribution < 1.29 is 27.1 Å². The number of anilines is 1. The molecule has 0 radical (unpaired) electrons. The summed E-state index contributed by atoms with van der Waals surface area (Å²) in [6.45, 7) is 3.78. The molecule has 1 N–H and O–H groups in total. The Balaban J connectivity index is 2.03. The standard InChI is InChI=1S/C30H36FN3O5S/c1-22(2)19-32-30(36)28(18-23-8-6-5-7-9-23)33(20-24-10-12-25(31)13-11-24)29(35)21-34(40(4,37)38)26-14-16-27(39-3)17-15-26/h5-17,22,28H,18-21H2,1-4H3,(H,32,36)/t28-/m1/s1. The predicted molar refractivity (Wildman–Crippen MR) is 154 cm³/mol. The van der Waals surface area contributed by atoms with Gasteiger partial charge in [-0.2, -0.15) is 0 Å². The molecule has 0 bridgehead atoms. The van der Waals surface area contributed by atoms with E-state index in [-0.39, 0.29) is 30.5 Å². The van der Waals surface area contributed by atoms with Crippen LogP contribution in [0.1, 0.15) is 25.0 Å². The van der Waals surface area contributed by atoms with Crippen molar-refractivity contribution in [3.05, 3.63) is 95.8 Å². The largest absolute Gasteiger partial charge is 0.497 e. The molecule has 0 spiro atoms. The Bertz CT molecular complexity index is 1360. The molecule has 214 valence electrons. The topological polar surface area (TPSA) is 96.0 Å². The lowest BCUT2D eigenvalue weighted by Gasteiger charge is -2.33. The average Bonchev–Trinajstić information content (AvgIpc) is 2.93. The van der Waals surface area contributed by atoms with E-state index >= 15 is 0 Å². The molecule has 0 aliphatic heterocycles. The minimum Gasteiger partial charge on any atom is -0.497 e. The zero-order valence-corrected chi connectivity index (χ0v) is 24.0. The molecule has 10 heteroatoms. The fraction of sp³-hybridized carbons (Fsp3) is 0.333. The summed E-state index contributed by atoms with van der Waals surface area (Å²) in [5.74, 6) is -0.654. The molecule has 0 saturated heterocycles. The molecule has 1 atom stereocenters. The second-order valence-corrected chi connectivity index (χ2v) is 11.9. The van der Waals surface area contributed by atoms with Crippen LogP contribution >= 0.6 is 0 Å². The zero-order valence-electron chi connectivity index (χ0n) is 23.2. The van der Waals surface area contributed by atoms with Crippen molar-refractivity contribution in [2.45, 2.75) is 32.9 Å². The molecule has 0 saturated carbocycles. The first-order valence-corrected chi connectivity index (χ1v) is 14.8. The Morgan fingerprint density at radius 2 is 1.55 bits per heavy atom. The molecule has 8 nitrogen and oxygen atoms in total. The number of nitrogens with zero attached hydrogens (tertiary/aromatic N) is 2. The van der Waals surface area contributed by atoms with Gasteiger partial charge in [0.05, 0.1) is 19.1 Å². The molecule has 2 amide bonds. The summed E-state index contributed by atoms with van der Waals surface area (Å²) in [7, 11) is -2.38. The Kier molecular flexibility index (Phi) is 10.7. The number of benzene rings is 3. The lowest BCUT2D eigenvalue weighted by atomic mass is 10.0. The third kappa shape index (κ3) is 8.81. The van der Waals surface area contributed by atoms with Gasteiger partial charge in [0.1, 0.15) is 24.2 Å². The minimum absolute atomic E-state index is 0.0219. The van der Waals surface area contributed by atoms with E-state index in [0.29, 0.717) is 17.9 Å². The van der Waals surface area contributed by atoms with Gasteiger partial charge in [-0.1, -0.05) is 56.3 Å². The smallest absolute Gasteiger partial charge is 0.244 e. The molecule has 40 heavy (non-hydrogen) atoms. The van der Waals surface area contributed by atoms with Crippen LogP contribution in [0, 0.1) is 11.7 Å². The lowest BCUT2D eigenvalue weighted by Crippen LogP contribution is -2.53. The third-order valence-corrected chi connectivity index (χ3v) is 7.40. The Morgan fingerprint density at radius 1 is 0.925 bits per heavy atom. The number of hydrogen-bond acceptors (Lipinski definition) is 5. The van der Waals surface area contributed by atoms with Crippen LogP contribution in [0.3, 0.4) is 0 Å². The summed E-state index contributed by atoms with van der Waals surface area (Å²) < 4.78 is 45.4. The predicted octanol–water partition coefficient (Wildman–Crippen LogP) is 4.01. The van der Waals surface area contributed by atoms with Crippen LogP contribution in [0.5, 0.6) is 5.75 Å². The van der Waals surface area contributed by atoms with Gasteiger partial charge in [-0.25, -0.2) is 12.8 Å².